The Kier molecular flexibility index (Phi) is 7.76. The first-order valence-electron chi connectivity index (χ1n) is 11.2. The Balaban J connectivity index is 1.56. The fourth-order valence-corrected chi connectivity index (χ4v) is 4.38. The van der Waals surface area contributed by atoms with Crippen LogP contribution in [-0.4, -0.2) is 69.6 Å². The van der Waals surface area contributed by atoms with Gasteiger partial charge in [-0.15, -0.1) is 0 Å². The van der Waals surface area contributed by atoms with Crippen molar-refractivity contribution in [3.63, 3.8) is 0 Å². The number of guanidine groups is 1. The summed E-state index contributed by atoms with van der Waals surface area (Å²) in [4.78, 5) is 33.3. The maximum absolute atomic E-state index is 12.8. The minimum Gasteiger partial charge on any atom is -0.482 e. The largest absolute Gasteiger partial charge is 0.482 e. The molecular formula is C23H35N5O3. The second-order valence-electron chi connectivity index (χ2n) is 8.46. The number of aliphatic imine (C=N–C) groups is 1. The summed E-state index contributed by atoms with van der Waals surface area (Å²) < 4.78 is 5.50. The van der Waals surface area contributed by atoms with Crippen molar-refractivity contribution >= 4 is 23.5 Å². The molecule has 1 saturated carbocycles. The third-order valence-electron chi connectivity index (χ3n) is 5.96. The average Bonchev–Trinajstić information content (AvgIpc) is 3.25. The molecule has 1 aromatic rings. The van der Waals surface area contributed by atoms with E-state index >= 15 is 0 Å². The molecule has 1 aromatic carbocycles. The number of fused-ring (bicyclic) bond motifs is 1. The number of carbonyl (C=O) groups is 2. The molecule has 31 heavy (non-hydrogen) atoms. The summed E-state index contributed by atoms with van der Waals surface area (Å²) >= 11 is 0. The van der Waals surface area contributed by atoms with Crippen LogP contribution >= 0.6 is 0 Å². The number of rotatable bonds is 8. The van der Waals surface area contributed by atoms with Crippen LogP contribution in [0.3, 0.4) is 0 Å². The van der Waals surface area contributed by atoms with E-state index in [2.05, 4.69) is 10.6 Å². The number of carbonyl (C=O) groups excluding carboxylic acids is 2. The van der Waals surface area contributed by atoms with Crippen molar-refractivity contribution in [3.05, 3.63) is 24.3 Å². The Morgan fingerprint density at radius 2 is 1.97 bits per heavy atom. The molecule has 0 spiro atoms. The van der Waals surface area contributed by atoms with Crippen LogP contribution in [0.15, 0.2) is 29.3 Å². The summed E-state index contributed by atoms with van der Waals surface area (Å²) in [6.45, 7) is 4.62. The molecule has 0 saturated heterocycles. The SMILES string of the molecule is CCNC(=NCC1(C(=O)N(C)C)CCCC1)NCCCN1C(=O)COc2ccccc21. The number of hydrogen-bond donors (Lipinski definition) is 2. The van der Waals surface area contributed by atoms with Crippen LogP contribution in [0.25, 0.3) is 0 Å². The summed E-state index contributed by atoms with van der Waals surface area (Å²) in [7, 11) is 3.64. The van der Waals surface area contributed by atoms with Crippen molar-refractivity contribution in [1.82, 2.24) is 15.5 Å². The van der Waals surface area contributed by atoms with E-state index in [0.29, 0.717) is 25.6 Å². The lowest BCUT2D eigenvalue weighted by Crippen LogP contribution is -2.44. The molecule has 0 unspecified atom stereocenters. The molecule has 2 aliphatic rings. The Hall–Kier alpha value is -2.77. The van der Waals surface area contributed by atoms with Gasteiger partial charge in [-0.2, -0.15) is 0 Å². The summed E-state index contributed by atoms with van der Waals surface area (Å²) in [5, 5.41) is 6.62. The Bertz CT molecular complexity index is 802. The number of nitrogens with one attached hydrogen (secondary N) is 2. The lowest BCUT2D eigenvalue weighted by molar-refractivity contribution is -0.138. The van der Waals surface area contributed by atoms with Gasteiger partial charge in [-0.25, -0.2) is 0 Å². The predicted molar refractivity (Wildman–Crippen MR) is 122 cm³/mol. The molecule has 0 bridgehead atoms. The lowest BCUT2D eigenvalue weighted by Gasteiger charge is -2.30. The van der Waals surface area contributed by atoms with Gasteiger partial charge in [0.05, 0.1) is 17.6 Å². The Morgan fingerprint density at radius 3 is 2.68 bits per heavy atom. The standard InChI is InChI=1S/C23H35N5O3/c1-4-24-22(26-17-23(12-7-8-13-23)21(30)27(2)3)25-14-9-15-28-18-10-5-6-11-19(18)31-16-20(28)29/h5-6,10-11H,4,7-9,12-17H2,1-3H3,(H2,24,25,26). The molecule has 2 N–H and O–H groups in total. The number of benzene rings is 1. The summed E-state index contributed by atoms with van der Waals surface area (Å²) in [6, 6.07) is 7.62. The summed E-state index contributed by atoms with van der Waals surface area (Å²) in [5.41, 5.74) is 0.445. The second kappa shape index (κ2) is 10.5. The van der Waals surface area contributed by atoms with Gasteiger partial charge in [0.15, 0.2) is 12.6 Å². The summed E-state index contributed by atoms with van der Waals surface area (Å²) in [6.07, 6.45) is 4.71. The van der Waals surface area contributed by atoms with E-state index in [0.717, 1.165) is 50.1 Å². The van der Waals surface area contributed by atoms with E-state index in [1.165, 1.54) is 0 Å². The molecule has 3 rings (SSSR count). The first-order chi connectivity index (χ1) is 15.0. The number of hydrogen-bond acceptors (Lipinski definition) is 4. The quantitative estimate of drug-likeness (QED) is 0.375. The van der Waals surface area contributed by atoms with Gasteiger partial charge in [-0.1, -0.05) is 25.0 Å². The molecule has 0 atom stereocenters. The highest BCUT2D eigenvalue weighted by molar-refractivity contribution is 5.97. The molecule has 1 aliphatic heterocycles. The second-order valence-corrected chi connectivity index (χ2v) is 8.46. The normalized spacial score (nSPS) is 17.7. The molecular weight excluding hydrogens is 394 g/mol. The van der Waals surface area contributed by atoms with Gasteiger partial charge in [0.25, 0.3) is 5.91 Å². The van der Waals surface area contributed by atoms with Gasteiger partial charge < -0.3 is 25.2 Å². The number of ether oxygens (including phenoxy) is 1. The van der Waals surface area contributed by atoms with Crippen molar-refractivity contribution in [1.29, 1.82) is 0 Å². The monoisotopic (exact) mass is 429 g/mol. The highest BCUT2D eigenvalue weighted by atomic mass is 16.5. The zero-order valence-corrected chi connectivity index (χ0v) is 18.9. The highest BCUT2D eigenvalue weighted by Gasteiger charge is 2.42. The molecule has 2 amide bonds. The smallest absolute Gasteiger partial charge is 0.265 e. The van der Waals surface area contributed by atoms with Gasteiger partial charge in [-0.3, -0.25) is 14.6 Å². The van der Waals surface area contributed by atoms with Crippen LogP contribution in [0, 0.1) is 5.41 Å². The molecule has 1 fully saturated rings. The van der Waals surface area contributed by atoms with Gasteiger partial charge in [0.1, 0.15) is 5.75 Å². The maximum Gasteiger partial charge on any atom is 0.265 e. The van der Waals surface area contributed by atoms with Crippen molar-refractivity contribution in [3.8, 4) is 5.75 Å². The van der Waals surface area contributed by atoms with Gasteiger partial charge in [0, 0.05) is 33.7 Å². The number of para-hydroxylation sites is 2. The third-order valence-corrected chi connectivity index (χ3v) is 5.96. The van der Waals surface area contributed by atoms with E-state index in [1.807, 2.05) is 45.3 Å². The van der Waals surface area contributed by atoms with Crippen LogP contribution in [0.4, 0.5) is 5.69 Å². The van der Waals surface area contributed by atoms with Crippen molar-refractivity contribution in [2.45, 2.75) is 39.0 Å². The molecule has 1 aliphatic carbocycles. The van der Waals surface area contributed by atoms with Crippen molar-refractivity contribution < 1.29 is 14.3 Å². The zero-order valence-electron chi connectivity index (χ0n) is 18.9. The minimum absolute atomic E-state index is 0.0235. The van der Waals surface area contributed by atoms with Crippen LogP contribution in [0.2, 0.25) is 0 Å². The molecule has 1 heterocycles. The zero-order chi connectivity index (χ0) is 22.3. The first-order valence-corrected chi connectivity index (χ1v) is 11.2. The molecule has 8 heteroatoms. The maximum atomic E-state index is 12.8. The molecule has 8 nitrogen and oxygen atoms in total. The van der Waals surface area contributed by atoms with Crippen molar-refractivity contribution in [2.24, 2.45) is 10.4 Å². The van der Waals surface area contributed by atoms with Gasteiger partial charge in [-0.05, 0) is 38.3 Å². The molecule has 0 aromatic heterocycles. The Labute approximate surface area is 185 Å². The van der Waals surface area contributed by atoms with Gasteiger partial charge in [0.2, 0.25) is 5.91 Å². The van der Waals surface area contributed by atoms with Crippen molar-refractivity contribution in [2.75, 3.05) is 51.8 Å². The van der Waals surface area contributed by atoms with E-state index in [1.54, 1.807) is 9.80 Å². The molecule has 0 radical (unpaired) electrons. The van der Waals surface area contributed by atoms with E-state index in [9.17, 15) is 9.59 Å². The molecule has 170 valence electrons. The minimum atomic E-state index is -0.379. The van der Waals surface area contributed by atoms with Crippen LogP contribution in [-0.2, 0) is 9.59 Å². The van der Waals surface area contributed by atoms with E-state index in [-0.39, 0.29) is 23.8 Å². The van der Waals surface area contributed by atoms with E-state index in [4.69, 9.17) is 9.73 Å². The lowest BCUT2D eigenvalue weighted by atomic mass is 9.85. The third kappa shape index (κ3) is 5.48. The number of anilines is 1. The highest BCUT2D eigenvalue weighted by Crippen LogP contribution is 2.39. The number of amides is 2. The van der Waals surface area contributed by atoms with Gasteiger partial charge >= 0.3 is 0 Å². The fourth-order valence-electron chi connectivity index (χ4n) is 4.38. The first kappa shape index (κ1) is 22.9. The topological polar surface area (TPSA) is 86.3 Å². The fraction of sp³-hybridized carbons (Fsp3) is 0.609. The number of nitrogens with zero attached hydrogens (tertiary/aromatic N) is 3. The predicted octanol–water partition coefficient (Wildman–Crippen LogP) is 2.01. The average molecular weight is 430 g/mol. The Morgan fingerprint density at radius 1 is 1.23 bits per heavy atom. The summed E-state index contributed by atoms with van der Waals surface area (Å²) in [5.74, 6) is 1.62. The van der Waals surface area contributed by atoms with E-state index < -0.39 is 0 Å². The van der Waals surface area contributed by atoms with Crippen LogP contribution in [0.1, 0.15) is 39.0 Å². The van der Waals surface area contributed by atoms with Crippen LogP contribution < -0.4 is 20.3 Å². The van der Waals surface area contributed by atoms with Crippen LogP contribution in [0.5, 0.6) is 5.75 Å².